The van der Waals surface area contributed by atoms with Crippen molar-refractivity contribution in [1.82, 2.24) is 25.5 Å². The van der Waals surface area contributed by atoms with Gasteiger partial charge in [-0.3, -0.25) is 9.59 Å². The van der Waals surface area contributed by atoms with E-state index < -0.39 is 5.91 Å². The molecule has 0 bridgehead atoms. The Morgan fingerprint density at radius 1 is 0.843 bits per heavy atom. The molecule has 0 saturated carbocycles. The van der Waals surface area contributed by atoms with Crippen molar-refractivity contribution < 1.29 is 24.2 Å². The van der Waals surface area contributed by atoms with Crippen molar-refractivity contribution in [3.05, 3.63) is 119 Å². The largest absolute Gasteiger partial charge is 0.506 e. The number of amides is 2. The Kier molecular flexibility index (Phi) is 10.8. The minimum absolute atomic E-state index is 0.0802. The lowest BCUT2D eigenvalue weighted by atomic mass is 10.0. The number of thioether (sulfide) groups is 1. The predicted octanol–water partition coefficient (Wildman–Crippen LogP) is 8.18. The summed E-state index contributed by atoms with van der Waals surface area (Å²) in [4.78, 5) is 28.5. The summed E-state index contributed by atoms with van der Waals surface area (Å²) in [6.07, 6.45) is 1.44. The van der Waals surface area contributed by atoms with Crippen molar-refractivity contribution in [3.8, 4) is 28.7 Å². The van der Waals surface area contributed by atoms with Crippen LogP contribution in [-0.2, 0) is 0 Å². The number of unbranched alkanes of at least 4 members (excludes halogenated alkanes) is 1. The lowest BCUT2D eigenvalue weighted by Gasteiger charge is -2.21. The van der Waals surface area contributed by atoms with E-state index in [2.05, 4.69) is 26.9 Å². The molecular formula is C39H38N6O5S. The number of aromatic hydroxyl groups is 1. The standard InChI is InChI=1S/C39H38N6O5S/c1-25-16-18-33(27(3)22-25)49-21-11-10-20-40-37(47)31-24-35(29-14-8-9-15-30(29)36(31)46)50-34-19-17-26(2)23-32(34)44(4)39(48)51-38-41-42-43-45(38)28-12-6-5-7-13-28/h5-9,12-19,22-24,46H,10-11,20-21H2,1-4H3,(H,40,47). The highest BCUT2D eigenvalue weighted by Crippen LogP contribution is 2.41. The predicted molar refractivity (Wildman–Crippen MR) is 199 cm³/mol. The van der Waals surface area contributed by atoms with Crippen LogP contribution < -0.4 is 19.7 Å². The Morgan fingerprint density at radius 3 is 2.31 bits per heavy atom. The van der Waals surface area contributed by atoms with E-state index in [0.29, 0.717) is 52.7 Å². The molecule has 260 valence electrons. The molecule has 0 aliphatic heterocycles. The number of para-hydroxylation sites is 1. The first kappa shape index (κ1) is 35.0. The Labute approximate surface area is 300 Å². The molecule has 0 spiro atoms. The van der Waals surface area contributed by atoms with Crippen molar-refractivity contribution in [3.63, 3.8) is 0 Å². The molecule has 5 aromatic carbocycles. The highest BCUT2D eigenvalue weighted by molar-refractivity contribution is 8.13. The zero-order valence-electron chi connectivity index (χ0n) is 28.8. The Bertz CT molecular complexity index is 2190. The van der Waals surface area contributed by atoms with Gasteiger partial charge < -0.3 is 24.8 Å². The number of aryl methyl sites for hydroxylation is 3. The third-order valence-corrected chi connectivity index (χ3v) is 9.14. The fourth-order valence-corrected chi connectivity index (χ4v) is 6.26. The van der Waals surface area contributed by atoms with E-state index in [1.807, 2.05) is 87.5 Å². The molecular weight excluding hydrogens is 665 g/mol. The molecule has 0 aliphatic carbocycles. The number of anilines is 1. The van der Waals surface area contributed by atoms with Gasteiger partial charge in [0.25, 0.3) is 11.1 Å². The molecule has 6 rings (SSSR count). The number of carbonyl (C=O) groups excluding carboxylic acids is 2. The summed E-state index contributed by atoms with van der Waals surface area (Å²) < 4.78 is 13.9. The Hall–Kier alpha value is -5.88. The number of phenolic OH excluding ortho intramolecular Hbond substituents is 1. The van der Waals surface area contributed by atoms with Crippen LogP contribution in [-0.4, -0.2) is 56.7 Å². The Morgan fingerprint density at radius 2 is 1.55 bits per heavy atom. The molecule has 0 aliphatic rings. The lowest BCUT2D eigenvalue weighted by Crippen LogP contribution is -2.25. The Balaban J connectivity index is 1.18. The fraction of sp³-hybridized carbons (Fsp3) is 0.205. The summed E-state index contributed by atoms with van der Waals surface area (Å²) in [7, 11) is 1.65. The molecule has 51 heavy (non-hydrogen) atoms. The van der Waals surface area contributed by atoms with Gasteiger partial charge in [0.15, 0.2) is 5.75 Å². The molecule has 1 heterocycles. The van der Waals surface area contributed by atoms with E-state index in [4.69, 9.17) is 9.47 Å². The first-order chi connectivity index (χ1) is 24.7. The molecule has 1 aromatic heterocycles. The number of hydrogen-bond acceptors (Lipinski definition) is 9. The first-order valence-electron chi connectivity index (χ1n) is 16.5. The van der Waals surface area contributed by atoms with Crippen LogP contribution >= 0.6 is 11.8 Å². The van der Waals surface area contributed by atoms with Gasteiger partial charge in [0.05, 0.1) is 23.5 Å². The molecule has 0 unspecified atom stereocenters. The number of fused-ring (bicyclic) bond motifs is 1. The zero-order chi connectivity index (χ0) is 35.9. The second-order valence-electron chi connectivity index (χ2n) is 12.1. The maximum Gasteiger partial charge on any atom is 0.293 e. The highest BCUT2D eigenvalue weighted by Gasteiger charge is 2.23. The molecule has 0 atom stereocenters. The number of phenols is 1. The average Bonchev–Trinajstić information content (AvgIpc) is 3.60. The molecule has 0 fully saturated rings. The van der Waals surface area contributed by atoms with Crippen LogP contribution in [0, 0.1) is 20.8 Å². The van der Waals surface area contributed by atoms with Gasteiger partial charge >= 0.3 is 0 Å². The maximum absolute atomic E-state index is 13.6. The molecule has 2 N–H and O–H groups in total. The molecule has 11 nitrogen and oxygen atoms in total. The third kappa shape index (κ3) is 8.13. The molecule has 0 radical (unpaired) electrons. The first-order valence-corrected chi connectivity index (χ1v) is 17.3. The van der Waals surface area contributed by atoms with Crippen molar-refractivity contribution in [2.75, 3.05) is 25.1 Å². The quantitative estimate of drug-likeness (QED) is 0.0957. The lowest BCUT2D eigenvalue weighted by molar-refractivity contribution is 0.0949. The van der Waals surface area contributed by atoms with E-state index >= 15 is 0 Å². The van der Waals surface area contributed by atoms with Gasteiger partial charge in [-0.05, 0) is 91.6 Å². The van der Waals surface area contributed by atoms with Crippen LogP contribution in [0.3, 0.4) is 0 Å². The number of benzene rings is 5. The summed E-state index contributed by atoms with van der Waals surface area (Å²) in [6, 6.07) is 29.6. The molecule has 2 amide bonds. The topological polar surface area (TPSA) is 132 Å². The SMILES string of the molecule is Cc1ccc(OCCCCNC(=O)c2cc(Oc3ccc(C)cc3N(C)C(=O)Sc3nnnn3-c3ccccc3)c3ccccc3c2O)c(C)c1. The van der Waals surface area contributed by atoms with E-state index in [1.165, 1.54) is 21.2 Å². The third-order valence-electron chi connectivity index (χ3n) is 8.26. The van der Waals surface area contributed by atoms with E-state index in [9.17, 15) is 14.7 Å². The minimum Gasteiger partial charge on any atom is -0.506 e. The second-order valence-corrected chi connectivity index (χ2v) is 13.0. The van der Waals surface area contributed by atoms with Crippen LogP contribution in [0.25, 0.3) is 16.5 Å². The molecule has 12 heteroatoms. The summed E-state index contributed by atoms with van der Waals surface area (Å²) in [5.74, 6) is 1.02. The van der Waals surface area contributed by atoms with Gasteiger partial charge in [0, 0.05) is 36.1 Å². The van der Waals surface area contributed by atoms with Crippen LogP contribution in [0.15, 0.2) is 102 Å². The number of carbonyl (C=O) groups is 2. The van der Waals surface area contributed by atoms with E-state index in [0.717, 1.165) is 40.7 Å². The van der Waals surface area contributed by atoms with Gasteiger partial charge in [-0.1, -0.05) is 66.2 Å². The maximum atomic E-state index is 13.6. The van der Waals surface area contributed by atoms with Crippen molar-refractivity contribution in [2.24, 2.45) is 0 Å². The smallest absolute Gasteiger partial charge is 0.293 e. The van der Waals surface area contributed by atoms with Crippen LogP contribution in [0.5, 0.6) is 23.0 Å². The van der Waals surface area contributed by atoms with Gasteiger partial charge in [0.1, 0.15) is 17.2 Å². The number of nitrogens with one attached hydrogen (secondary N) is 1. The molecule has 0 saturated heterocycles. The summed E-state index contributed by atoms with van der Waals surface area (Å²) >= 11 is 0.883. The van der Waals surface area contributed by atoms with Gasteiger partial charge in [0.2, 0.25) is 5.16 Å². The molecule has 6 aromatic rings. The van der Waals surface area contributed by atoms with Crippen molar-refractivity contribution in [2.45, 2.75) is 38.8 Å². The van der Waals surface area contributed by atoms with Crippen LogP contribution in [0.2, 0.25) is 0 Å². The van der Waals surface area contributed by atoms with Crippen LogP contribution in [0.4, 0.5) is 10.5 Å². The highest BCUT2D eigenvalue weighted by atomic mass is 32.2. The fourth-order valence-electron chi connectivity index (χ4n) is 5.56. The van der Waals surface area contributed by atoms with Crippen LogP contribution in [0.1, 0.15) is 39.9 Å². The van der Waals surface area contributed by atoms with Gasteiger partial charge in [-0.25, -0.2) is 0 Å². The second kappa shape index (κ2) is 15.8. The summed E-state index contributed by atoms with van der Waals surface area (Å²) in [5, 5.41) is 27.0. The minimum atomic E-state index is -0.428. The van der Waals surface area contributed by atoms with Crippen molar-refractivity contribution >= 4 is 39.4 Å². The monoisotopic (exact) mass is 702 g/mol. The average molecular weight is 703 g/mol. The summed E-state index contributed by atoms with van der Waals surface area (Å²) in [6.45, 7) is 6.91. The number of nitrogens with zero attached hydrogens (tertiary/aromatic N) is 5. The number of tetrazole rings is 1. The number of rotatable bonds is 12. The zero-order valence-corrected chi connectivity index (χ0v) is 29.6. The number of aromatic nitrogens is 4. The number of hydrogen-bond donors (Lipinski definition) is 2. The van der Waals surface area contributed by atoms with Gasteiger partial charge in [-0.2, -0.15) is 4.68 Å². The number of ether oxygens (including phenoxy) is 2. The van der Waals surface area contributed by atoms with E-state index in [-0.39, 0.29) is 16.6 Å². The summed E-state index contributed by atoms with van der Waals surface area (Å²) in [5.41, 5.74) is 4.48. The van der Waals surface area contributed by atoms with E-state index in [1.54, 1.807) is 25.2 Å². The van der Waals surface area contributed by atoms with Gasteiger partial charge in [-0.15, -0.1) is 5.10 Å². The van der Waals surface area contributed by atoms with Crippen molar-refractivity contribution in [1.29, 1.82) is 0 Å². The normalized spacial score (nSPS) is 11.0.